The average Bonchev–Trinajstić information content (AvgIpc) is 2.29. The Morgan fingerprint density at radius 2 is 2.33 bits per heavy atom. The maximum atomic E-state index is 11.5. The lowest BCUT2D eigenvalue weighted by atomic mass is 10.1. The van der Waals surface area contributed by atoms with Gasteiger partial charge in [0.05, 0.1) is 12.7 Å². The van der Waals surface area contributed by atoms with Crippen molar-refractivity contribution in [1.82, 2.24) is 9.88 Å². The number of carbonyl (C=O) groups is 1. The second-order valence-corrected chi connectivity index (χ2v) is 3.35. The van der Waals surface area contributed by atoms with Gasteiger partial charge in [0.1, 0.15) is 0 Å². The number of hydrogen-bond donors (Lipinski definition) is 1. The molecule has 5 nitrogen and oxygen atoms in total. The van der Waals surface area contributed by atoms with Crippen LogP contribution in [-0.2, 0) is 17.8 Å². The summed E-state index contributed by atoms with van der Waals surface area (Å²) in [7, 11) is 1.33. The van der Waals surface area contributed by atoms with Crippen LogP contribution in [0.15, 0.2) is 16.9 Å². The van der Waals surface area contributed by atoms with Crippen molar-refractivity contribution >= 4 is 5.97 Å². The predicted molar refractivity (Wildman–Crippen MR) is 53.7 cm³/mol. The van der Waals surface area contributed by atoms with Gasteiger partial charge >= 0.3 is 5.97 Å². The van der Waals surface area contributed by atoms with E-state index in [1.54, 1.807) is 4.57 Å². The average molecular weight is 208 g/mol. The van der Waals surface area contributed by atoms with Gasteiger partial charge in [0, 0.05) is 31.4 Å². The van der Waals surface area contributed by atoms with Gasteiger partial charge < -0.3 is 14.6 Å². The van der Waals surface area contributed by atoms with Crippen molar-refractivity contribution in [2.45, 2.75) is 13.1 Å². The molecular formula is C10H12N2O3. The van der Waals surface area contributed by atoms with Crippen molar-refractivity contribution in [3.05, 3.63) is 33.7 Å². The fourth-order valence-electron chi connectivity index (χ4n) is 1.75. The van der Waals surface area contributed by atoms with Gasteiger partial charge in [-0.2, -0.15) is 0 Å². The minimum Gasteiger partial charge on any atom is -0.465 e. The Balaban J connectivity index is 2.57. The molecule has 0 spiro atoms. The molecule has 5 heteroatoms. The second-order valence-electron chi connectivity index (χ2n) is 3.35. The summed E-state index contributed by atoms with van der Waals surface area (Å²) < 4.78 is 6.27. The Bertz CT molecular complexity index is 450. The highest BCUT2D eigenvalue weighted by molar-refractivity contribution is 5.90. The zero-order chi connectivity index (χ0) is 10.8. The first-order chi connectivity index (χ1) is 7.24. The topological polar surface area (TPSA) is 60.3 Å². The predicted octanol–water partition coefficient (Wildman–Crippen LogP) is -0.262. The van der Waals surface area contributed by atoms with Crippen molar-refractivity contribution in [3.63, 3.8) is 0 Å². The van der Waals surface area contributed by atoms with Crippen LogP contribution in [0.2, 0.25) is 0 Å². The molecule has 0 radical (unpaired) electrons. The summed E-state index contributed by atoms with van der Waals surface area (Å²) in [6.45, 7) is 1.87. The van der Waals surface area contributed by atoms with Crippen LogP contribution in [0.1, 0.15) is 16.1 Å². The molecule has 0 fully saturated rings. The maximum absolute atomic E-state index is 11.5. The first-order valence-corrected chi connectivity index (χ1v) is 4.76. The summed E-state index contributed by atoms with van der Waals surface area (Å²) in [5, 5.41) is 3.12. The number of ether oxygens (including phenoxy) is 1. The molecule has 0 amide bonds. The van der Waals surface area contributed by atoms with Gasteiger partial charge in [-0.25, -0.2) is 4.79 Å². The van der Waals surface area contributed by atoms with Gasteiger partial charge in [0.25, 0.3) is 5.56 Å². The molecule has 0 aromatic carbocycles. The number of fused-ring (bicyclic) bond motifs is 1. The maximum Gasteiger partial charge on any atom is 0.339 e. The molecule has 2 heterocycles. The number of methoxy groups -OCH3 is 1. The van der Waals surface area contributed by atoms with E-state index in [1.165, 1.54) is 19.2 Å². The van der Waals surface area contributed by atoms with Crippen molar-refractivity contribution in [1.29, 1.82) is 0 Å². The largest absolute Gasteiger partial charge is 0.465 e. The van der Waals surface area contributed by atoms with Gasteiger partial charge in [-0.05, 0) is 6.07 Å². The zero-order valence-corrected chi connectivity index (χ0v) is 8.45. The van der Waals surface area contributed by atoms with Crippen LogP contribution < -0.4 is 10.9 Å². The number of rotatable bonds is 1. The minimum absolute atomic E-state index is 0.0702. The molecule has 1 aliphatic rings. The van der Waals surface area contributed by atoms with Crippen molar-refractivity contribution < 1.29 is 9.53 Å². The molecule has 0 atom stereocenters. The van der Waals surface area contributed by atoms with E-state index in [9.17, 15) is 9.59 Å². The molecule has 2 rings (SSSR count). The smallest absolute Gasteiger partial charge is 0.339 e. The number of esters is 1. The third kappa shape index (κ3) is 1.66. The van der Waals surface area contributed by atoms with Gasteiger partial charge in [-0.3, -0.25) is 4.79 Å². The van der Waals surface area contributed by atoms with Crippen LogP contribution in [0.4, 0.5) is 0 Å². The Hall–Kier alpha value is -1.62. The fraction of sp³-hybridized carbons (Fsp3) is 0.400. The van der Waals surface area contributed by atoms with Gasteiger partial charge in [-0.1, -0.05) is 0 Å². The van der Waals surface area contributed by atoms with E-state index < -0.39 is 5.97 Å². The van der Waals surface area contributed by atoms with Crippen LogP contribution in [-0.4, -0.2) is 24.2 Å². The Kier molecular flexibility index (Phi) is 2.55. The molecule has 0 bridgehead atoms. The molecule has 0 saturated carbocycles. The summed E-state index contributed by atoms with van der Waals surface area (Å²) in [5.74, 6) is -0.401. The lowest BCUT2D eigenvalue weighted by molar-refractivity contribution is 0.0597. The standard InChI is InChI=1S/C10H12N2O3/c1-15-10(14)7-2-3-9(13)12-5-4-11-6-8(7)12/h2-3,11H,4-6H2,1H3. The molecule has 0 aliphatic carbocycles. The summed E-state index contributed by atoms with van der Waals surface area (Å²) in [4.78, 5) is 22.9. The van der Waals surface area contributed by atoms with Crippen LogP contribution in [0.5, 0.6) is 0 Å². The summed E-state index contributed by atoms with van der Waals surface area (Å²) in [6.07, 6.45) is 0. The van der Waals surface area contributed by atoms with E-state index in [2.05, 4.69) is 10.1 Å². The number of nitrogens with one attached hydrogen (secondary N) is 1. The quantitative estimate of drug-likeness (QED) is 0.646. The third-order valence-corrected chi connectivity index (χ3v) is 2.51. The Morgan fingerprint density at radius 1 is 1.53 bits per heavy atom. The van der Waals surface area contributed by atoms with E-state index in [-0.39, 0.29) is 5.56 Å². The summed E-state index contributed by atoms with van der Waals surface area (Å²) in [6, 6.07) is 2.92. The van der Waals surface area contributed by atoms with Crippen molar-refractivity contribution in [3.8, 4) is 0 Å². The second kappa shape index (κ2) is 3.86. The minimum atomic E-state index is -0.401. The summed E-state index contributed by atoms with van der Waals surface area (Å²) >= 11 is 0. The highest BCUT2D eigenvalue weighted by atomic mass is 16.5. The van der Waals surface area contributed by atoms with Gasteiger partial charge in [0.15, 0.2) is 0 Å². The van der Waals surface area contributed by atoms with Crippen molar-refractivity contribution in [2.75, 3.05) is 13.7 Å². The van der Waals surface area contributed by atoms with Crippen LogP contribution in [0.3, 0.4) is 0 Å². The van der Waals surface area contributed by atoms with E-state index in [0.29, 0.717) is 24.3 Å². The molecule has 80 valence electrons. The molecule has 0 saturated heterocycles. The van der Waals surface area contributed by atoms with Crippen LogP contribution in [0, 0.1) is 0 Å². The molecule has 1 aliphatic heterocycles. The number of carbonyl (C=O) groups excluding carboxylic acids is 1. The molecule has 1 aromatic heterocycles. The Morgan fingerprint density at radius 3 is 3.07 bits per heavy atom. The highest BCUT2D eigenvalue weighted by Gasteiger charge is 2.18. The molecule has 0 unspecified atom stereocenters. The zero-order valence-electron chi connectivity index (χ0n) is 8.45. The van der Waals surface area contributed by atoms with Gasteiger partial charge in [-0.15, -0.1) is 0 Å². The molecular weight excluding hydrogens is 196 g/mol. The number of pyridine rings is 1. The normalized spacial score (nSPS) is 14.5. The molecule has 15 heavy (non-hydrogen) atoms. The van der Waals surface area contributed by atoms with E-state index >= 15 is 0 Å². The lowest BCUT2D eigenvalue weighted by Crippen LogP contribution is -2.37. The van der Waals surface area contributed by atoms with Crippen molar-refractivity contribution in [2.24, 2.45) is 0 Å². The third-order valence-electron chi connectivity index (χ3n) is 2.51. The monoisotopic (exact) mass is 208 g/mol. The van der Waals surface area contributed by atoms with Crippen LogP contribution in [0.25, 0.3) is 0 Å². The number of nitrogens with zero attached hydrogens (tertiary/aromatic N) is 1. The SMILES string of the molecule is COC(=O)c1ccc(=O)n2c1CNCC2. The Labute approximate surface area is 86.7 Å². The van der Waals surface area contributed by atoms with Gasteiger partial charge in [0.2, 0.25) is 0 Å². The first-order valence-electron chi connectivity index (χ1n) is 4.76. The van der Waals surface area contributed by atoms with Crippen LogP contribution >= 0.6 is 0 Å². The summed E-state index contributed by atoms with van der Waals surface area (Å²) in [5.41, 5.74) is 1.10. The molecule has 1 N–H and O–H groups in total. The van der Waals surface area contributed by atoms with E-state index in [0.717, 1.165) is 6.54 Å². The fourth-order valence-corrected chi connectivity index (χ4v) is 1.75. The first kappa shape index (κ1) is 9.92. The lowest BCUT2D eigenvalue weighted by Gasteiger charge is -2.21. The highest BCUT2D eigenvalue weighted by Crippen LogP contribution is 2.10. The molecule has 1 aromatic rings. The number of hydrogen-bond acceptors (Lipinski definition) is 4. The van der Waals surface area contributed by atoms with E-state index in [1.807, 2.05) is 0 Å². The number of aromatic nitrogens is 1. The van der Waals surface area contributed by atoms with E-state index in [4.69, 9.17) is 0 Å².